The second-order valence-corrected chi connectivity index (χ2v) is 9.35. The molecule has 2 aromatic carbocycles. The number of hydrogen-bond donors (Lipinski definition) is 1. The maximum absolute atomic E-state index is 12.5. The molecule has 0 bridgehead atoms. The second kappa shape index (κ2) is 9.11. The number of carbonyl (C=O) groups excluding carboxylic acids is 1. The molecular weight excluding hydrogens is 440 g/mol. The topological polar surface area (TPSA) is 98.6 Å². The monoisotopic (exact) mass is 464 g/mol. The zero-order chi connectivity index (χ0) is 23.6. The summed E-state index contributed by atoms with van der Waals surface area (Å²) in [6.07, 6.45) is 0. The number of H-pyrrole nitrogens is 1. The van der Waals surface area contributed by atoms with Gasteiger partial charge in [-0.25, -0.2) is 14.5 Å². The van der Waals surface area contributed by atoms with E-state index in [1.165, 1.54) is 10.6 Å². The van der Waals surface area contributed by atoms with Crippen LogP contribution in [0, 0.1) is 0 Å². The fraction of sp³-hybridized carbons (Fsp3) is 0.250. The Morgan fingerprint density at radius 2 is 1.70 bits per heavy atom. The van der Waals surface area contributed by atoms with Crippen molar-refractivity contribution in [3.05, 3.63) is 70.5 Å². The molecule has 4 rings (SSSR count). The molecule has 0 aliphatic rings. The van der Waals surface area contributed by atoms with Gasteiger partial charge in [0.15, 0.2) is 16.6 Å². The molecule has 2 aromatic heterocycles. The Morgan fingerprint density at radius 1 is 1.03 bits per heavy atom. The number of aromatic nitrogens is 4. The van der Waals surface area contributed by atoms with Crippen molar-refractivity contribution >= 4 is 23.4 Å². The molecular formula is C24H24N4O4S. The summed E-state index contributed by atoms with van der Waals surface area (Å²) >= 11 is 1.16. The molecule has 8 nitrogen and oxygen atoms in total. The molecule has 1 N–H and O–H groups in total. The highest BCUT2D eigenvalue weighted by Gasteiger charge is 2.16. The Balaban J connectivity index is 1.52. The van der Waals surface area contributed by atoms with E-state index in [1.54, 1.807) is 31.4 Å². The van der Waals surface area contributed by atoms with E-state index in [0.717, 1.165) is 22.9 Å². The van der Waals surface area contributed by atoms with Crippen molar-refractivity contribution in [3.8, 4) is 22.9 Å². The minimum Gasteiger partial charge on any atom is -0.497 e. The maximum atomic E-state index is 12.5. The summed E-state index contributed by atoms with van der Waals surface area (Å²) in [6.45, 7) is 6.37. The van der Waals surface area contributed by atoms with E-state index < -0.39 is 5.97 Å². The number of methoxy groups -OCH3 is 1. The third-order valence-corrected chi connectivity index (χ3v) is 5.86. The number of nitrogens with zero attached hydrogens (tertiary/aromatic N) is 3. The van der Waals surface area contributed by atoms with E-state index in [1.807, 2.05) is 24.3 Å². The van der Waals surface area contributed by atoms with Gasteiger partial charge in [0.1, 0.15) is 11.5 Å². The smallest absolute Gasteiger partial charge is 0.321 e. The van der Waals surface area contributed by atoms with Crippen LogP contribution < -0.4 is 15.0 Å². The van der Waals surface area contributed by atoms with Crippen molar-refractivity contribution in [2.24, 2.45) is 0 Å². The first-order chi connectivity index (χ1) is 15.7. The zero-order valence-corrected chi connectivity index (χ0v) is 19.6. The summed E-state index contributed by atoms with van der Waals surface area (Å²) in [5.74, 6) is 1.22. The van der Waals surface area contributed by atoms with Crippen LogP contribution in [0.2, 0.25) is 0 Å². The summed E-state index contributed by atoms with van der Waals surface area (Å²) in [5, 5.41) is 3.08. The zero-order valence-electron chi connectivity index (χ0n) is 18.8. The number of ether oxygens (including phenoxy) is 2. The summed E-state index contributed by atoms with van der Waals surface area (Å²) in [7, 11) is 1.59. The van der Waals surface area contributed by atoms with Gasteiger partial charge < -0.3 is 9.47 Å². The van der Waals surface area contributed by atoms with Gasteiger partial charge in [-0.1, -0.05) is 44.7 Å². The molecule has 0 saturated heterocycles. The number of thioether (sulfide) groups is 1. The van der Waals surface area contributed by atoms with Crippen LogP contribution in [-0.4, -0.2) is 38.4 Å². The summed E-state index contributed by atoms with van der Waals surface area (Å²) in [5.41, 5.74) is 2.04. The number of benzene rings is 2. The highest BCUT2D eigenvalue weighted by Crippen LogP contribution is 2.26. The Kier molecular flexibility index (Phi) is 6.24. The molecule has 33 heavy (non-hydrogen) atoms. The van der Waals surface area contributed by atoms with Crippen LogP contribution in [0.4, 0.5) is 0 Å². The van der Waals surface area contributed by atoms with E-state index in [9.17, 15) is 9.59 Å². The largest absolute Gasteiger partial charge is 0.497 e. The summed E-state index contributed by atoms with van der Waals surface area (Å²) in [6, 6.07) is 16.1. The van der Waals surface area contributed by atoms with Crippen molar-refractivity contribution in [2.45, 2.75) is 31.3 Å². The number of hydrogen-bond acceptors (Lipinski definition) is 7. The van der Waals surface area contributed by atoms with Gasteiger partial charge in [0.2, 0.25) is 0 Å². The molecule has 4 aromatic rings. The highest BCUT2D eigenvalue weighted by atomic mass is 32.2. The van der Waals surface area contributed by atoms with E-state index in [0.29, 0.717) is 28.1 Å². The average molecular weight is 465 g/mol. The van der Waals surface area contributed by atoms with Crippen LogP contribution in [0.1, 0.15) is 26.3 Å². The lowest BCUT2D eigenvalue weighted by Crippen LogP contribution is -2.13. The molecule has 2 heterocycles. The number of nitrogens with one attached hydrogen (secondary N) is 1. The third kappa shape index (κ3) is 5.25. The molecule has 0 amide bonds. The van der Waals surface area contributed by atoms with Crippen molar-refractivity contribution in [2.75, 3.05) is 12.9 Å². The quantitative estimate of drug-likeness (QED) is 0.261. The Morgan fingerprint density at radius 3 is 2.33 bits per heavy atom. The van der Waals surface area contributed by atoms with Crippen LogP contribution >= 0.6 is 11.8 Å². The number of esters is 1. The molecule has 0 spiro atoms. The van der Waals surface area contributed by atoms with Gasteiger partial charge in [-0.2, -0.15) is 0 Å². The lowest BCUT2D eigenvalue weighted by Gasteiger charge is -2.18. The molecule has 0 unspecified atom stereocenters. The Labute approximate surface area is 195 Å². The van der Waals surface area contributed by atoms with Gasteiger partial charge in [-0.05, 0) is 47.4 Å². The van der Waals surface area contributed by atoms with E-state index >= 15 is 0 Å². The first-order valence-corrected chi connectivity index (χ1v) is 11.3. The maximum Gasteiger partial charge on any atom is 0.321 e. The fourth-order valence-electron chi connectivity index (χ4n) is 3.16. The molecule has 0 radical (unpaired) electrons. The molecule has 0 aliphatic carbocycles. The van der Waals surface area contributed by atoms with E-state index in [-0.39, 0.29) is 16.7 Å². The van der Waals surface area contributed by atoms with Crippen molar-refractivity contribution in [3.63, 3.8) is 0 Å². The minimum absolute atomic E-state index is 0.00932. The van der Waals surface area contributed by atoms with Crippen LogP contribution in [0.3, 0.4) is 0 Å². The van der Waals surface area contributed by atoms with E-state index in [4.69, 9.17) is 9.47 Å². The standard InChI is InChI=1S/C24H24N4O4S/c1-24(2,3)16-7-11-18(12-8-16)32-21(30)14-33-23-26-22(15-5-9-17(31-4)10-6-15)25-19-13-20(29)27-28(19)23/h5-13H,14H2,1-4H3,(H,27,29). The van der Waals surface area contributed by atoms with Gasteiger partial charge in [-0.15, -0.1) is 0 Å². The number of fused-ring (bicyclic) bond motifs is 1. The molecule has 0 atom stereocenters. The first-order valence-electron chi connectivity index (χ1n) is 10.3. The van der Waals surface area contributed by atoms with Crippen LogP contribution in [-0.2, 0) is 10.2 Å². The summed E-state index contributed by atoms with van der Waals surface area (Å²) in [4.78, 5) is 33.4. The molecule has 170 valence electrons. The van der Waals surface area contributed by atoms with Crippen molar-refractivity contribution < 1.29 is 14.3 Å². The molecule has 9 heteroatoms. The molecule has 0 fully saturated rings. The van der Waals surface area contributed by atoms with Gasteiger partial charge >= 0.3 is 5.97 Å². The molecule has 0 saturated carbocycles. The predicted octanol–water partition coefficient (Wildman–Crippen LogP) is 4.09. The number of aromatic amines is 1. The van der Waals surface area contributed by atoms with Crippen LogP contribution in [0.5, 0.6) is 11.5 Å². The average Bonchev–Trinajstić information content (AvgIpc) is 3.17. The molecule has 0 aliphatic heterocycles. The van der Waals surface area contributed by atoms with Gasteiger partial charge in [0, 0.05) is 11.6 Å². The SMILES string of the molecule is COc1ccc(-c2nc(SCC(=O)Oc3ccc(C(C)(C)C)cc3)n3[nH]c(=O)cc3n2)cc1. The van der Waals surface area contributed by atoms with Gasteiger partial charge in [0.05, 0.1) is 12.9 Å². The Bertz CT molecular complexity index is 1340. The highest BCUT2D eigenvalue weighted by molar-refractivity contribution is 7.99. The minimum atomic E-state index is -0.421. The lowest BCUT2D eigenvalue weighted by molar-refractivity contribution is -0.131. The van der Waals surface area contributed by atoms with Crippen molar-refractivity contribution in [1.29, 1.82) is 0 Å². The second-order valence-electron chi connectivity index (χ2n) is 8.41. The van der Waals surface area contributed by atoms with E-state index in [2.05, 4.69) is 35.8 Å². The lowest BCUT2D eigenvalue weighted by atomic mass is 9.87. The van der Waals surface area contributed by atoms with Crippen molar-refractivity contribution in [1.82, 2.24) is 19.6 Å². The van der Waals surface area contributed by atoms with Gasteiger partial charge in [-0.3, -0.25) is 14.7 Å². The third-order valence-electron chi connectivity index (χ3n) is 4.94. The van der Waals surface area contributed by atoms with Crippen LogP contribution in [0.15, 0.2) is 64.5 Å². The Hall–Kier alpha value is -3.59. The number of carbonyl (C=O) groups is 1. The first kappa shape index (κ1) is 22.6. The fourth-order valence-corrected chi connectivity index (χ4v) is 3.88. The normalized spacial score (nSPS) is 11.5. The number of rotatable bonds is 6. The van der Waals surface area contributed by atoms with Crippen LogP contribution in [0.25, 0.3) is 17.0 Å². The summed E-state index contributed by atoms with van der Waals surface area (Å²) < 4.78 is 12.1. The predicted molar refractivity (Wildman–Crippen MR) is 127 cm³/mol. The van der Waals surface area contributed by atoms with Gasteiger partial charge in [0.25, 0.3) is 5.56 Å².